The molecule has 5 nitrogen and oxygen atoms in total. The number of anilines is 3. The third kappa shape index (κ3) is 3.07. The number of nitrogens with zero attached hydrogens (tertiary/aromatic N) is 2. The van der Waals surface area contributed by atoms with Gasteiger partial charge in [-0.25, -0.2) is 13.8 Å². The smallest absolute Gasteiger partial charge is 0.266 e. The first-order valence-corrected chi connectivity index (χ1v) is 8.53. The molecule has 0 radical (unpaired) electrons. The number of halogens is 2. The Balaban J connectivity index is 1.91. The summed E-state index contributed by atoms with van der Waals surface area (Å²) in [7, 11) is 0. The Bertz CT molecular complexity index is 1250. The van der Waals surface area contributed by atoms with Gasteiger partial charge >= 0.3 is 0 Å². The molecule has 140 valence electrons. The molecule has 0 unspecified atom stereocenters. The van der Waals surface area contributed by atoms with Gasteiger partial charge in [0, 0.05) is 23.3 Å². The van der Waals surface area contributed by atoms with Gasteiger partial charge in [-0.2, -0.15) is 0 Å². The highest BCUT2D eigenvalue weighted by molar-refractivity contribution is 5.93. The second-order valence-corrected chi connectivity index (χ2v) is 6.39. The van der Waals surface area contributed by atoms with Crippen LogP contribution in [0.25, 0.3) is 16.5 Å². The minimum atomic E-state index is -0.565. The monoisotopic (exact) mass is 378 g/mol. The van der Waals surface area contributed by atoms with Gasteiger partial charge in [-0.3, -0.25) is 9.36 Å². The van der Waals surface area contributed by atoms with E-state index in [0.29, 0.717) is 33.7 Å². The van der Waals surface area contributed by atoms with Crippen LogP contribution in [0, 0.1) is 18.6 Å². The van der Waals surface area contributed by atoms with Gasteiger partial charge in [-0.1, -0.05) is 0 Å². The molecule has 0 amide bonds. The van der Waals surface area contributed by atoms with Crippen LogP contribution >= 0.6 is 0 Å². The van der Waals surface area contributed by atoms with Crippen molar-refractivity contribution in [3.8, 4) is 5.69 Å². The van der Waals surface area contributed by atoms with Crippen LogP contribution in [0.1, 0.15) is 5.69 Å². The Labute approximate surface area is 159 Å². The number of pyridine rings is 2. The van der Waals surface area contributed by atoms with Crippen molar-refractivity contribution in [2.45, 2.75) is 6.92 Å². The number of fused-ring (bicyclic) bond motifs is 1. The van der Waals surface area contributed by atoms with Gasteiger partial charge < -0.3 is 11.1 Å². The Morgan fingerprint density at radius 3 is 2.50 bits per heavy atom. The van der Waals surface area contributed by atoms with E-state index in [1.807, 2.05) is 6.07 Å². The summed E-state index contributed by atoms with van der Waals surface area (Å²) in [5, 5.41) is 4.01. The normalized spacial score (nSPS) is 11.0. The lowest BCUT2D eigenvalue weighted by atomic mass is 10.1. The molecule has 0 atom stereocenters. The topological polar surface area (TPSA) is 72.9 Å². The number of benzene rings is 2. The fourth-order valence-corrected chi connectivity index (χ4v) is 3.13. The molecule has 2 heterocycles. The molecule has 28 heavy (non-hydrogen) atoms. The summed E-state index contributed by atoms with van der Waals surface area (Å²) in [5.41, 5.74) is 6.88. The zero-order valence-corrected chi connectivity index (χ0v) is 14.9. The summed E-state index contributed by atoms with van der Waals surface area (Å²) in [6.07, 6.45) is 1.57. The molecule has 0 aliphatic carbocycles. The second kappa shape index (κ2) is 6.77. The molecule has 7 heteroatoms. The van der Waals surface area contributed by atoms with Crippen LogP contribution in [0.15, 0.2) is 65.6 Å². The van der Waals surface area contributed by atoms with Crippen molar-refractivity contribution >= 4 is 28.0 Å². The lowest BCUT2D eigenvalue weighted by Gasteiger charge is -2.14. The van der Waals surface area contributed by atoms with Gasteiger partial charge in [0.2, 0.25) is 0 Å². The predicted molar refractivity (Wildman–Crippen MR) is 106 cm³/mol. The standard InChI is InChI=1S/C21H16F2N4O/c1-12-10-13-8-9-25-20(26-15-4-7-18(24)17(23)11-15)19(13)21(28)27(12)16-5-2-14(22)3-6-16/h2-11H,24H2,1H3,(H,25,26). The minimum absolute atomic E-state index is 0.0331. The van der Waals surface area contributed by atoms with Gasteiger partial charge in [-0.15, -0.1) is 0 Å². The number of aromatic nitrogens is 2. The third-order valence-corrected chi connectivity index (χ3v) is 4.47. The maximum absolute atomic E-state index is 13.8. The lowest BCUT2D eigenvalue weighted by Crippen LogP contribution is -2.21. The van der Waals surface area contributed by atoms with Crippen molar-refractivity contribution < 1.29 is 8.78 Å². The summed E-state index contributed by atoms with van der Waals surface area (Å²) in [6.45, 7) is 1.80. The molecule has 4 rings (SSSR count). The molecular weight excluding hydrogens is 362 g/mol. The molecule has 0 bridgehead atoms. The van der Waals surface area contributed by atoms with Crippen molar-refractivity contribution in [1.29, 1.82) is 0 Å². The van der Waals surface area contributed by atoms with E-state index in [-0.39, 0.29) is 17.1 Å². The summed E-state index contributed by atoms with van der Waals surface area (Å²) in [5.74, 6) is -0.656. The largest absolute Gasteiger partial charge is 0.396 e. The molecule has 3 N–H and O–H groups in total. The Morgan fingerprint density at radius 1 is 1.04 bits per heavy atom. The van der Waals surface area contributed by atoms with Crippen molar-refractivity contribution in [2.24, 2.45) is 0 Å². The van der Waals surface area contributed by atoms with E-state index in [0.717, 1.165) is 0 Å². The van der Waals surface area contributed by atoms with E-state index < -0.39 is 5.82 Å². The quantitative estimate of drug-likeness (QED) is 0.522. The number of rotatable bonds is 3. The summed E-state index contributed by atoms with van der Waals surface area (Å²) in [6, 6.07) is 13.5. The average Bonchev–Trinajstić information content (AvgIpc) is 2.66. The third-order valence-electron chi connectivity index (χ3n) is 4.47. The van der Waals surface area contributed by atoms with E-state index in [2.05, 4.69) is 10.3 Å². The first kappa shape index (κ1) is 17.7. The molecule has 0 fully saturated rings. The molecule has 0 spiro atoms. The molecule has 0 aliphatic heterocycles. The maximum atomic E-state index is 13.8. The highest BCUT2D eigenvalue weighted by Gasteiger charge is 2.14. The van der Waals surface area contributed by atoms with Crippen molar-refractivity contribution in [3.63, 3.8) is 0 Å². The molecular formula is C21H16F2N4O. The van der Waals surface area contributed by atoms with E-state index >= 15 is 0 Å². The predicted octanol–water partition coefficient (Wildman–Crippen LogP) is 4.30. The van der Waals surface area contributed by atoms with Gasteiger partial charge in [0.05, 0.1) is 11.1 Å². The highest BCUT2D eigenvalue weighted by atomic mass is 19.1. The molecule has 0 saturated carbocycles. The van der Waals surface area contributed by atoms with Crippen LogP contribution in [0.4, 0.5) is 26.0 Å². The molecule has 2 aromatic carbocycles. The molecule has 0 aliphatic rings. The van der Waals surface area contributed by atoms with Crippen LogP contribution in [-0.2, 0) is 0 Å². The van der Waals surface area contributed by atoms with Crippen molar-refractivity contribution in [1.82, 2.24) is 9.55 Å². The first-order chi connectivity index (χ1) is 13.4. The Hall–Kier alpha value is -3.74. The number of hydrogen-bond acceptors (Lipinski definition) is 4. The van der Waals surface area contributed by atoms with Crippen LogP contribution in [0.5, 0.6) is 0 Å². The van der Waals surface area contributed by atoms with Gasteiger partial charge in [0.1, 0.15) is 17.5 Å². The molecule has 2 aromatic heterocycles. The van der Waals surface area contributed by atoms with Crippen LogP contribution in [-0.4, -0.2) is 9.55 Å². The maximum Gasteiger partial charge on any atom is 0.266 e. The number of hydrogen-bond donors (Lipinski definition) is 2. The highest BCUT2D eigenvalue weighted by Crippen LogP contribution is 2.25. The van der Waals surface area contributed by atoms with Gasteiger partial charge in [0.15, 0.2) is 0 Å². The first-order valence-electron chi connectivity index (χ1n) is 8.53. The number of aryl methyl sites for hydroxylation is 1. The summed E-state index contributed by atoms with van der Waals surface area (Å²) < 4.78 is 28.5. The van der Waals surface area contributed by atoms with E-state index in [4.69, 9.17) is 5.73 Å². The zero-order chi connectivity index (χ0) is 19.8. The van der Waals surface area contributed by atoms with E-state index in [9.17, 15) is 13.6 Å². The van der Waals surface area contributed by atoms with Gasteiger partial charge in [-0.05, 0) is 66.9 Å². The number of nitrogen functional groups attached to an aromatic ring is 1. The van der Waals surface area contributed by atoms with Crippen LogP contribution < -0.4 is 16.6 Å². The number of nitrogens with two attached hydrogens (primary N) is 1. The minimum Gasteiger partial charge on any atom is -0.396 e. The van der Waals surface area contributed by atoms with E-state index in [1.54, 1.807) is 25.3 Å². The van der Waals surface area contributed by atoms with Crippen LogP contribution in [0.2, 0.25) is 0 Å². The van der Waals surface area contributed by atoms with E-state index in [1.165, 1.54) is 41.0 Å². The number of nitrogens with one attached hydrogen (secondary N) is 1. The summed E-state index contributed by atoms with van der Waals surface area (Å²) >= 11 is 0. The van der Waals surface area contributed by atoms with Gasteiger partial charge in [0.25, 0.3) is 5.56 Å². The fraction of sp³-hybridized carbons (Fsp3) is 0.0476. The Kier molecular flexibility index (Phi) is 4.27. The SMILES string of the molecule is Cc1cc2ccnc(Nc3ccc(N)c(F)c3)c2c(=O)n1-c1ccc(F)cc1. The fourth-order valence-electron chi connectivity index (χ4n) is 3.13. The van der Waals surface area contributed by atoms with Crippen molar-refractivity contribution in [2.75, 3.05) is 11.1 Å². The second-order valence-electron chi connectivity index (χ2n) is 6.39. The summed E-state index contributed by atoms with van der Waals surface area (Å²) in [4.78, 5) is 17.5. The van der Waals surface area contributed by atoms with Crippen molar-refractivity contribution in [3.05, 3.63) is 88.5 Å². The average molecular weight is 378 g/mol. The lowest BCUT2D eigenvalue weighted by molar-refractivity contribution is 0.627. The Morgan fingerprint density at radius 2 is 1.79 bits per heavy atom. The van der Waals surface area contributed by atoms with Crippen LogP contribution in [0.3, 0.4) is 0 Å². The zero-order valence-electron chi connectivity index (χ0n) is 14.9. The molecule has 0 saturated heterocycles. The molecule has 4 aromatic rings.